The molecule has 1 aliphatic rings. The maximum atomic E-state index is 5.83. The van der Waals surface area contributed by atoms with Crippen LogP contribution in [0.3, 0.4) is 0 Å². The number of tetrazole rings is 1. The summed E-state index contributed by atoms with van der Waals surface area (Å²) in [7, 11) is 0. The number of nitrogens with one attached hydrogen (secondary N) is 1. The molecule has 0 aliphatic carbocycles. The molecular weight excluding hydrogens is 354 g/mol. The van der Waals surface area contributed by atoms with Gasteiger partial charge in [0, 0.05) is 41.8 Å². The van der Waals surface area contributed by atoms with Gasteiger partial charge >= 0.3 is 0 Å². The van der Waals surface area contributed by atoms with Crippen molar-refractivity contribution in [1.29, 1.82) is 0 Å². The van der Waals surface area contributed by atoms with Gasteiger partial charge in [0.2, 0.25) is 5.82 Å². The number of imidazole rings is 1. The summed E-state index contributed by atoms with van der Waals surface area (Å²) in [4.78, 5) is 8.72. The average molecular weight is 373 g/mol. The third-order valence-electron chi connectivity index (χ3n) is 5.18. The van der Waals surface area contributed by atoms with Crippen LogP contribution in [0, 0.1) is 5.92 Å². The lowest BCUT2D eigenvalue weighted by molar-refractivity contribution is 0.181. The molecule has 0 amide bonds. The van der Waals surface area contributed by atoms with Crippen molar-refractivity contribution in [2.24, 2.45) is 5.92 Å². The van der Waals surface area contributed by atoms with Crippen molar-refractivity contribution in [2.75, 3.05) is 13.2 Å². The minimum Gasteiger partial charge on any atom is -0.379 e. The fourth-order valence-electron chi connectivity index (χ4n) is 3.77. The molecule has 1 aromatic carbocycles. The van der Waals surface area contributed by atoms with E-state index in [9.17, 15) is 0 Å². The van der Waals surface area contributed by atoms with Gasteiger partial charge in [-0.15, -0.1) is 10.2 Å². The van der Waals surface area contributed by atoms with Gasteiger partial charge in [-0.25, -0.2) is 4.98 Å². The number of aromatic amines is 1. The number of pyridine rings is 1. The summed E-state index contributed by atoms with van der Waals surface area (Å²) in [5, 5.41) is 14.1. The molecule has 0 spiro atoms. The van der Waals surface area contributed by atoms with E-state index in [4.69, 9.17) is 4.74 Å². The molecule has 8 heteroatoms. The Morgan fingerprint density at radius 3 is 2.61 bits per heavy atom. The second kappa shape index (κ2) is 7.32. The number of H-pyrrole nitrogens is 1. The quantitative estimate of drug-likeness (QED) is 0.578. The van der Waals surface area contributed by atoms with Crippen molar-refractivity contribution in [3.05, 3.63) is 66.7 Å². The Morgan fingerprint density at radius 1 is 1.00 bits per heavy atom. The Balaban J connectivity index is 1.41. The van der Waals surface area contributed by atoms with E-state index in [1.165, 1.54) is 5.56 Å². The number of ether oxygens (including phenoxy) is 1. The van der Waals surface area contributed by atoms with Crippen LogP contribution in [0.15, 0.2) is 61.2 Å². The van der Waals surface area contributed by atoms with Crippen LogP contribution in [0.1, 0.15) is 11.6 Å². The zero-order chi connectivity index (χ0) is 18.8. The van der Waals surface area contributed by atoms with Gasteiger partial charge in [0.15, 0.2) is 0 Å². The normalized spacial score (nSPS) is 19.1. The molecule has 4 heterocycles. The molecule has 0 radical (unpaired) electrons. The second-order valence-corrected chi connectivity index (χ2v) is 6.90. The average Bonchev–Trinajstić information content (AvgIpc) is 3.50. The van der Waals surface area contributed by atoms with Crippen LogP contribution in [-0.2, 0) is 11.2 Å². The monoisotopic (exact) mass is 373 g/mol. The van der Waals surface area contributed by atoms with E-state index in [0.717, 1.165) is 30.0 Å². The number of aromatic nitrogens is 7. The second-order valence-electron chi connectivity index (χ2n) is 6.90. The zero-order valence-corrected chi connectivity index (χ0v) is 15.1. The Hall–Kier alpha value is -3.39. The van der Waals surface area contributed by atoms with Crippen molar-refractivity contribution in [3.8, 4) is 22.8 Å². The minimum atomic E-state index is 0.252. The number of nitrogens with zero attached hydrogens (tertiary/aromatic N) is 6. The highest BCUT2D eigenvalue weighted by Crippen LogP contribution is 2.33. The Morgan fingerprint density at radius 2 is 1.82 bits per heavy atom. The standard InChI is InChI=1S/C20H19N7O/c1-3-16(4-2-15(1)19-23-25-26-24-19)20-22-9-10-27(20)18-13-28-12-17(18)11-14-5-7-21-8-6-14/h1-10,17-18H,11-13H2,(H,23,24,25,26)/t17-,18-/m1/s1. The molecular formula is C20H19N7O. The summed E-state index contributed by atoms with van der Waals surface area (Å²) in [5.74, 6) is 1.92. The summed E-state index contributed by atoms with van der Waals surface area (Å²) < 4.78 is 8.07. The molecule has 1 fully saturated rings. The van der Waals surface area contributed by atoms with Crippen LogP contribution in [-0.4, -0.2) is 48.4 Å². The Bertz CT molecular complexity index is 1030. The molecule has 0 bridgehead atoms. The van der Waals surface area contributed by atoms with Gasteiger partial charge in [-0.05, 0) is 29.3 Å². The molecule has 4 aromatic rings. The van der Waals surface area contributed by atoms with E-state index in [1.54, 1.807) is 0 Å². The Labute approximate surface area is 161 Å². The first-order valence-electron chi connectivity index (χ1n) is 9.22. The molecule has 1 saturated heterocycles. The summed E-state index contributed by atoms with van der Waals surface area (Å²) >= 11 is 0. The SMILES string of the molecule is c1cc(C[C@@H]2COC[C@H]2n2ccnc2-c2ccc(-c3nn[nH]n3)cc2)ccn1. The lowest BCUT2D eigenvalue weighted by atomic mass is 9.95. The highest BCUT2D eigenvalue weighted by atomic mass is 16.5. The maximum absolute atomic E-state index is 5.83. The lowest BCUT2D eigenvalue weighted by Gasteiger charge is -2.21. The fraction of sp³-hybridized carbons (Fsp3) is 0.250. The fourth-order valence-corrected chi connectivity index (χ4v) is 3.77. The maximum Gasteiger partial charge on any atom is 0.204 e. The molecule has 3 aromatic heterocycles. The smallest absolute Gasteiger partial charge is 0.204 e. The predicted molar refractivity (Wildman–Crippen MR) is 102 cm³/mol. The molecule has 0 unspecified atom stereocenters. The Kier molecular flexibility index (Phi) is 4.38. The number of benzene rings is 1. The summed E-state index contributed by atoms with van der Waals surface area (Å²) in [6.07, 6.45) is 8.54. The third-order valence-corrected chi connectivity index (χ3v) is 5.18. The molecule has 1 aliphatic heterocycles. The van der Waals surface area contributed by atoms with E-state index >= 15 is 0 Å². The number of rotatable bonds is 5. The zero-order valence-electron chi connectivity index (χ0n) is 15.1. The first-order chi connectivity index (χ1) is 13.9. The lowest BCUT2D eigenvalue weighted by Crippen LogP contribution is -2.20. The van der Waals surface area contributed by atoms with Crippen molar-refractivity contribution in [1.82, 2.24) is 35.2 Å². The first-order valence-corrected chi connectivity index (χ1v) is 9.22. The summed E-state index contributed by atoms with van der Waals surface area (Å²) in [5.41, 5.74) is 3.24. The topological polar surface area (TPSA) is 94.4 Å². The highest BCUT2D eigenvalue weighted by Gasteiger charge is 2.31. The number of hydrogen-bond acceptors (Lipinski definition) is 6. The van der Waals surface area contributed by atoms with Gasteiger partial charge in [-0.2, -0.15) is 5.21 Å². The largest absolute Gasteiger partial charge is 0.379 e. The minimum absolute atomic E-state index is 0.252. The summed E-state index contributed by atoms with van der Waals surface area (Å²) in [6, 6.07) is 12.4. The first kappa shape index (κ1) is 16.8. The van der Waals surface area contributed by atoms with E-state index in [2.05, 4.69) is 47.3 Å². The highest BCUT2D eigenvalue weighted by molar-refractivity contribution is 5.63. The van der Waals surface area contributed by atoms with Gasteiger partial charge in [0.25, 0.3) is 0 Å². The van der Waals surface area contributed by atoms with Crippen LogP contribution < -0.4 is 0 Å². The van der Waals surface area contributed by atoms with Gasteiger partial charge in [-0.3, -0.25) is 4.98 Å². The van der Waals surface area contributed by atoms with E-state index in [0.29, 0.717) is 18.3 Å². The van der Waals surface area contributed by atoms with Crippen molar-refractivity contribution in [3.63, 3.8) is 0 Å². The number of hydrogen-bond donors (Lipinski definition) is 1. The van der Waals surface area contributed by atoms with Gasteiger partial charge in [0.1, 0.15) is 5.82 Å². The third kappa shape index (κ3) is 3.18. The molecule has 8 nitrogen and oxygen atoms in total. The van der Waals surface area contributed by atoms with Crippen LogP contribution in [0.4, 0.5) is 0 Å². The van der Waals surface area contributed by atoms with Crippen molar-refractivity contribution in [2.45, 2.75) is 12.5 Å². The van der Waals surface area contributed by atoms with Gasteiger partial charge in [0.05, 0.1) is 19.3 Å². The van der Waals surface area contributed by atoms with Crippen LogP contribution >= 0.6 is 0 Å². The van der Waals surface area contributed by atoms with Crippen LogP contribution in [0.25, 0.3) is 22.8 Å². The van der Waals surface area contributed by atoms with Gasteiger partial charge in [-0.1, -0.05) is 24.3 Å². The van der Waals surface area contributed by atoms with Gasteiger partial charge < -0.3 is 9.30 Å². The van der Waals surface area contributed by atoms with Crippen molar-refractivity contribution < 1.29 is 4.74 Å². The molecule has 1 N–H and O–H groups in total. The van der Waals surface area contributed by atoms with Crippen LogP contribution in [0.2, 0.25) is 0 Å². The predicted octanol–water partition coefficient (Wildman–Crippen LogP) is 2.56. The molecule has 28 heavy (non-hydrogen) atoms. The van der Waals surface area contributed by atoms with Crippen molar-refractivity contribution >= 4 is 0 Å². The van der Waals surface area contributed by atoms with E-state index < -0.39 is 0 Å². The van der Waals surface area contributed by atoms with E-state index in [1.807, 2.05) is 49.1 Å². The van der Waals surface area contributed by atoms with Crippen LogP contribution in [0.5, 0.6) is 0 Å². The summed E-state index contributed by atoms with van der Waals surface area (Å²) in [6.45, 7) is 1.45. The molecule has 140 valence electrons. The van der Waals surface area contributed by atoms with E-state index in [-0.39, 0.29) is 6.04 Å². The molecule has 5 rings (SSSR count). The molecule has 0 saturated carbocycles. The molecule has 2 atom stereocenters.